The van der Waals surface area contributed by atoms with Crippen molar-refractivity contribution in [1.82, 2.24) is 0 Å². The number of carbonyl (C=O) groups is 1. The van der Waals surface area contributed by atoms with E-state index in [1.54, 1.807) is 4.90 Å². The Morgan fingerprint density at radius 3 is 2.79 bits per heavy atom. The van der Waals surface area contributed by atoms with Crippen molar-refractivity contribution in [2.24, 2.45) is 5.73 Å². The highest BCUT2D eigenvalue weighted by Gasteiger charge is 2.28. The molecule has 1 heterocycles. The lowest BCUT2D eigenvalue weighted by Gasteiger charge is -2.35. The van der Waals surface area contributed by atoms with Crippen molar-refractivity contribution in [2.45, 2.75) is 25.3 Å². The number of nitro benzene ring substituents is 1. The molecular formula is C12H14FN3O3. The first-order chi connectivity index (χ1) is 8.99. The minimum atomic E-state index is -0.696. The number of benzene rings is 1. The predicted molar refractivity (Wildman–Crippen MR) is 67.2 cm³/mol. The predicted octanol–water partition coefficient (Wildman–Crippen LogP) is 1.58. The number of carbonyl (C=O) groups excluding carboxylic acids is 1. The van der Waals surface area contributed by atoms with Gasteiger partial charge in [-0.3, -0.25) is 14.9 Å². The van der Waals surface area contributed by atoms with Crippen LogP contribution in [0.1, 0.15) is 19.3 Å². The van der Waals surface area contributed by atoms with Crippen LogP contribution in [0.15, 0.2) is 18.2 Å². The smallest absolute Gasteiger partial charge is 0.274 e. The number of amides is 1. The molecule has 1 atom stereocenters. The van der Waals surface area contributed by atoms with E-state index in [-0.39, 0.29) is 5.69 Å². The topological polar surface area (TPSA) is 89.5 Å². The average molecular weight is 267 g/mol. The maximum Gasteiger partial charge on any atom is 0.274 e. The van der Waals surface area contributed by atoms with E-state index in [9.17, 15) is 19.3 Å². The van der Waals surface area contributed by atoms with Crippen LogP contribution in [0.5, 0.6) is 0 Å². The third-order valence-electron chi connectivity index (χ3n) is 3.24. The number of anilines is 1. The molecule has 102 valence electrons. The Morgan fingerprint density at radius 2 is 2.16 bits per heavy atom. The molecule has 19 heavy (non-hydrogen) atoms. The van der Waals surface area contributed by atoms with Crippen LogP contribution >= 0.6 is 0 Å². The van der Waals surface area contributed by atoms with Crippen molar-refractivity contribution in [2.75, 3.05) is 11.4 Å². The molecule has 7 heteroatoms. The Hall–Kier alpha value is -2.18. The summed E-state index contributed by atoms with van der Waals surface area (Å²) in [5, 5.41) is 10.7. The van der Waals surface area contributed by atoms with Crippen LogP contribution < -0.4 is 10.6 Å². The van der Waals surface area contributed by atoms with Gasteiger partial charge < -0.3 is 10.6 Å². The minimum Gasteiger partial charge on any atom is -0.368 e. The van der Waals surface area contributed by atoms with Crippen LogP contribution in [0.2, 0.25) is 0 Å². The molecule has 0 radical (unpaired) electrons. The number of hydrogen-bond acceptors (Lipinski definition) is 4. The van der Waals surface area contributed by atoms with E-state index in [0.29, 0.717) is 18.7 Å². The minimum absolute atomic E-state index is 0.329. The fraction of sp³-hybridized carbons (Fsp3) is 0.417. The number of piperidine rings is 1. The highest BCUT2D eigenvalue weighted by molar-refractivity contribution is 5.84. The van der Waals surface area contributed by atoms with E-state index in [4.69, 9.17) is 5.73 Å². The van der Waals surface area contributed by atoms with Gasteiger partial charge >= 0.3 is 0 Å². The Morgan fingerprint density at radius 1 is 1.42 bits per heavy atom. The van der Waals surface area contributed by atoms with Crippen LogP contribution in [0.3, 0.4) is 0 Å². The number of nitro groups is 1. The maximum atomic E-state index is 13.4. The molecule has 1 unspecified atom stereocenters. The van der Waals surface area contributed by atoms with Gasteiger partial charge in [0.1, 0.15) is 11.9 Å². The van der Waals surface area contributed by atoms with E-state index in [0.717, 1.165) is 18.9 Å². The summed E-state index contributed by atoms with van der Waals surface area (Å²) < 4.78 is 13.4. The highest BCUT2D eigenvalue weighted by atomic mass is 19.1. The largest absolute Gasteiger partial charge is 0.368 e. The second-order valence-electron chi connectivity index (χ2n) is 4.53. The highest BCUT2D eigenvalue weighted by Crippen LogP contribution is 2.28. The van der Waals surface area contributed by atoms with Crippen molar-refractivity contribution in [3.63, 3.8) is 0 Å². The van der Waals surface area contributed by atoms with Crippen molar-refractivity contribution in [1.29, 1.82) is 0 Å². The normalized spacial score (nSPS) is 19.2. The van der Waals surface area contributed by atoms with Crippen molar-refractivity contribution < 1.29 is 14.1 Å². The van der Waals surface area contributed by atoms with Crippen LogP contribution in [-0.2, 0) is 4.79 Å². The molecule has 2 rings (SSSR count). The number of nitrogens with two attached hydrogens (primary N) is 1. The molecular weight excluding hydrogens is 253 g/mol. The second kappa shape index (κ2) is 5.21. The quantitative estimate of drug-likeness (QED) is 0.665. The number of halogens is 1. The third-order valence-corrected chi connectivity index (χ3v) is 3.24. The number of hydrogen-bond donors (Lipinski definition) is 1. The van der Waals surface area contributed by atoms with Crippen molar-refractivity contribution in [3.8, 4) is 0 Å². The Bertz CT molecular complexity index is 521. The van der Waals surface area contributed by atoms with Crippen LogP contribution in [0, 0.1) is 15.9 Å². The van der Waals surface area contributed by atoms with Gasteiger partial charge in [0.15, 0.2) is 0 Å². The van der Waals surface area contributed by atoms with Crippen LogP contribution in [-0.4, -0.2) is 23.4 Å². The van der Waals surface area contributed by atoms with E-state index < -0.39 is 22.7 Å². The number of nitrogens with zero attached hydrogens (tertiary/aromatic N) is 2. The van der Waals surface area contributed by atoms with Gasteiger partial charge in [0, 0.05) is 18.3 Å². The zero-order chi connectivity index (χ0) is 14.0. The summed E-state index contributed by atoms with van der Waals surface area (Å²) in [6, 6.07) is 2.78. The molecule has 1 saturated heterocycles. The fourth-order valence-corrected chi connectivity index (χ4v) is 2.37. The zero-order valence-electron chi connectivity index (χ0n) is 10.2. The van der Waals surface area contributed by atoms with Gasteiger partial charge in [0.05, 0.1) is 11.0 Å². The summed E-state index contributed by atoms with van der Waals surface area (Å²) in [4.78, 5) is 23.1. The molecule has 0 bridgehead atoms. The summed E-state index contributed by atoms with van der Waals surface area (Å²) in [5.74, 6) is -1.19. The summed E-state index contributed by atoms with van der Waals surface area (Å²) in [5.41, 5.74) is 5.32. The van der Waals surface area contributed by atoms with E-state index >= 15 is 0 Å². The molecule has 0 saturated carbocycles. The lowest BCUT2D eigenvalue weighted by atomic mass is 10.0. The van der Waals surface area contributed by atoms with Gasteiger partial charge in [-0.25, -0.2) is 4.39 Å². The van der Waals surface area contributed by atoms with E-state index in [1.165, 1.54) is 12.1 Å². The third kappa shape index (κ3) is 2.81. The van der Waals surface area contributed by atoms with E-state index in [1.807, 2.05) is 0 Å². The molecule has 1 aromatic carbocycles. The van der Waals surface area contributed by atoms with Gasteiger partial charge in [-0.15, -0.1) is 0 Å². The molecule has 1 fully saturated rings. The Kier molecular flexibility index (Phi) is 3.64. The van der Waals surface area contributed by atoms with Gasteiger partial charge in [0.25, 0.3) is 5.69 Å². The van der Waals surface area contributed by atoms with Crippen LogP contribution in [0.25, 0.3) is 0 Å². The molecule has 0 aromatic heterocycles. The van der Waals surface area contributed by atoms with Gasteiger partial charge in [-0.05, 0) is 25.3 Å². The standard InChI is InChI=1S/C12H14FN3O3/c13-8-5-9(7-10(6-8)16(18)19)15-4-2-1-3-11(15)12(14)17/h5-7,11H,1-4H2,(H2,14,17). The van der Waals surface area contributed by atoms with Crippen molar-refractivity contribution in [3.05, 3.63) is 34.1 Å². The summed E-state index contributed by atoms with van der Waals surface area (Å²) >= 11 is 0. The SMILES string of the molecule is NC(=O)C1CCCCN1c1cc(F)cc([N+](=O)[O-])c1. The average Bonchev–Trinajstić information content (AvgIpc) is 2.37. The molecule has 6 nitrogen and oxygen atoms in total. The maximum absolute atomic E-state index is 13.4. The first-order valence-electron chi connectivity index (χ1n) is 6.00. The van der Waals surface area contributed by atoms with Gasteiger partial charge in [-0.1, -0.05) is 0 Å². The fourth-order valence-electron chi connectivity index (χ4n) is 2.37. The van der Waals surface area contributed by atoms with Gasteiger partial charge in [0.2, 0.25) is 5.91 Å². The lowest BCUT2D eigenvalue weighted by molar-refractivity contribution is -0.385. The molecule has 0 aliphatic carbocycles. The lowest BCUT2D eigenvalue weighted by Crippen LogP contribution is -2.47. The zero-order valence-corrected chi connectivity index (χ0v) is 10.2. The Labute approximate surface area is 109 Å². The number of rotatable bonds is 3. The number of primary amides is 1. The first-order valence-corrected chi connectivity index (χ1v) is 6.00. The molecule has 1 aromatic rings. The first kappa shape index (κ1) is 13.3. The monoisotopic (exact) mass is 267 g/mol. The Balaban J connectivity index is 2.38. The summed E-state index contributed by atoms with van der Waals surface area (Å²) in [6.45, 7) is 0.536. The molecule has 1 aliphatic rings. The van der Waals surface area contributed by atoms with Crippen LogP contribution in [0.4, 0.5) is 15.8 Å². The van der Waals surface area contributed by atoms with Gasteiger partial charge in [-0.2, -0.15) is 0 Å². The number of non-ortho nitro benzene ring substituents is 1. The second-order valence-corrected chi connectivity index (χ2v) is 4.53. The molecule has 2 N–H and O–H groups in total. The summed E-state index contributed by atoms with van der Waals surface area (Å²) in [6.07, 6.45) is 2.29. The molecule has 1 aliphatic heterocycles. The van der Waals surface area contributed by atoms with Crippen molar-refractivity contribution >= 4 is 17.3 Å². The molecule has 0 spiro atoms. The summed E-state index contributed by atoms with van der Waals surface area (Å²) in [7, 11) is 0. The molecule has 1 amide bonds. The van der Waals surface area contributed by atoms with E-state index in [2.05, 4.69) is 0 Å².